The maximum atomic E-state index is 13.8. The SMILES string of the molecule is O=c1cc(-c2nc(-c3ccccc3)nc(-c3ccccc3)n2)c2c(-n3c4ccccc4c4ccccc43)cc(-n3c4ccccc4c4ccccc43)cc2o1. The molecule has 4 aromatic heterocycles. The van der Waals surface area contributed by atoms with Crippen molar-refractivity contribution in [1.29, 1.82) is 0 Å². The minimum absolute atomic E-state index is 0.372. The van der Waals surface area contributed by atoms with Crippen LogP contribution in [-0.2, 0) is 0 Å². The van der Waals surface area contributed by atoms with E-state index in [1.807, 2.05) is 66.7 Å². The van der Waals surface area contributed by atoms with Gasteiger partial charge in [-0.25, -0.2) is 19.7 Å². The Bertz CT molecular complexity index is 3180. The topological polar surface area (TPSA) is 78.7 Å². The molecule has 0 unspecified atom stereocenters. The number of benzene rings is 7. The lowest BCUT2D eigenvalue weighted by atomic mass is 10.0. The Morgan fingerprint density at radius 3 is 1.33 bits per heavy atom. The highest BCUT2D eigenvalue weighted by atomic mass is 16.4. The molecular weight excluding hydrogens is 679 g/mol. The summed E-state index contributed by atoms with van der Waals surface area (Å²) in [6, 6.07) is 59.0. The molecule has 11 rings (SSSR count). The van der Waals surface area contributed by atoms with E-state index < -0.39 is 5.63 Å². The summed E-state index contributed by atoms with van der Waals surface area (Å²) in [7, 11) is 0. The van der Waals surface area contributed by atoms with Gasteiger partial charge in [0.25, 0.3) is 0 Å². The average Bonchev–Trinajstić information content (AvgIpc) is 3.76. The molecule has 0 atom stereocenters. The summed E-state index contributed by atoms with van der Waals surface area (Å²) in [5.74, 6) is 1.38. The van der Waals surface area contributed by atoms with Crippen molar-refractivity contribution in [3.63, 3.8) is 0 Å². The van der Waals surface area contributed by atoms with Crippen LogP contribution >= 0.6 is 0 Å². The Labute approximate surface area is 314 Å². The summed E-state index contributed by atoms with van der Waals surface area (Å²) < 4.78 is 10.7. The molecule has 0 saturated carbocycles. The number of fused-ring (bicyclic) bond motifs is 7. The van der Waals surface area contributed by atoms with Gasteiger partial charge in [-0.3, -0.25) is 0 Å². The number of para-hydroxylation sites is 4. The van der Waals surface area contributed by atoms with Gasteiger partial charge in [0.15, 0.2) is 17.5 Å². The third-order valence-electron chi connectivity index (χ3n) is 10.4. The first-order chi connectivity index (χ1) is 27.2. The third-order valence-corrected chi connectivity index (χ3v) is 10.4. The first-order valence-electron chi connectivity index (χ1n) is 18.2. The van der Waals surface area contributed by atoms with Crippen LogP contribution in [0.4, 0.5) is 0 Å². The van der Waals surface area contributed by atoms with E-state index >= 15 is 0 Å². The normalized spacial score (nSPS) is 11.7. The smallest absolute Gasteiger partial charge is 0.336 e. The summed E-state index contributed by atoms with van der Waals surface area (Å²) in [5, 5.41) is 5.22. The lowest BCUT2D eigenvalue weighted by Crippen LogP contribution is -2.07. The molecule has 0 aliphatic heterocycles. The number of aromatic nitrogens is 5. The quantitative estimate of drug-likeness (QED) is 0.166. The molecule has 0 N–H and O–H groups in total. The first kappa shape index (κ1) is 30.9. The molecule has 4 heterocycles. The highest BCUT2D eigenvalue weighted by molar-refractivity contribution is 6.13. The van der Waals surface area contributed by atoms with Gasteiger partial charge in [0.2, 0.25) is 0 Å². The molecule has 0 spiro atoms. The second-order valence-corrected chi connectivity index (χ2v) is 13.6. The van der Waals surface area contributed by atoms with E-state index in [-0.39, 0.29) is 0 Å². The van der Waals surface area contributed by atoms with Gasteiger partial charge < -0.3 is 13.6 Å². The summed E-state index contributed by atoms with van der Waals surface area (Å²) in [5.41, 5.74) is 7.96. The van der Waals surface area contributed by atoms with Crippen LogP contribution < -0.4 is 5.63 Å². The molecule has 0 amide bonds. The van der Waals surface area contributed by atoms with Gasteiger partial charge in [0.05, 0.1) is 38.8 Å². The van der Waals surface area contributed by atoms with Crippen molar-refractivity contribution >= 4 is 54.6 Å². The van der Waals surface area contributed by atoms with Crippen LogP contribution in [0.1, 0.15) is 0 Å². The third kappa shape index (κ3) is 4.91. The molecule has 0 radical (unpaired) electrons. The summed E-state index contributed by atoms with van der Waals surface area (Å²) in [4.78, 5) is 28.9. The average molecular weight is 708 g/mol. The van der Waals surface area contributed by atoms with Gasteiger partial charge in [-0.2, -0.15) is 0 Å². The standard InChI is InChI=1S/C48H29N5O2/c54-44-29-37(48-50-46(30-15-3-1-4-16-30)49-47(51-48)31-17-5-2-6-18-31)45-42(53-40-25-13-9-21-35(40)36-22-10-14-26-41(36)53)27-32(28-43(45)55-44)52-38-23-11-7-19-33(38)34-20-8-12-24-39(34)52/h1-29H. The van der Waals surface area contributed by atoms with Crippen molar-refractivity contribution in [1.82, 2.24) is 24.1 Å². The van der Waals surface area contributed by atoms with Crippen LogP contribution in [0.3, 0.4) is 0 Å². The molecule has 7 aromatic carbocycles. The van der Waals surface area contributed by atoms with Gasteiger partial charge in [0, 0.05) is 50.4 Å². The molecule has 7 nitrogen and oxygen atoms in total. The van der Waals surface area contributed by atoms with Crippen molar-refractivity contribution in [3.8, 4) is 45.5 Å². The van der Waals surface area contributed by atoms with Crippen LogP contribution in [0.5, 0.6) is 0 Å². The van der Waals surface area contributed by atoms with Crippen molar-refractivity contribution in [2.75, 3.05) is 0 Å². The van der Waals surface area contributed by atoms with Crippen molar-refractivity contribution in [2.45, 2.75) is 0 Å². The number of hydrogen-bond acceptors (Lipinski definition) is 5. The molecule has 7 heteroatoms. The molecule has 11 aromatic rings. The van der Waals surface area contributed by atoms with E-state index in [1.165, 1.54) is 6.07 Å². The van der Waals surface area contributed by atoms with Crippen LogP contribution in [0.25, 0.3) is 100 Å². The van der Waals surface area contributed by atoms with Gasteiger partial charge >= 0.3 is 5.63 Å². The molecule has 55 heavy (non-hydrogen) atoms. The zero-order valence-corrected chi connectivity index (χ0v) is 29.3. The van der Waals surface area contributed by atoms with E-state index in [1.54, 1.807) is 0 Å². The number of hydrogen-bond donors (Lipinski definition) is 0. The number of rotatable bonds is 5. The Kier molecular flexibility index (Phi) is 6.87. The molecule has 0 aliphatic rings. The lowest BCUT2D eigenvalue weighted by Gasteiger charge is -2.17. The maximum absolute atomic E-state index is 13.8. The molecule has 0 fully saturated rings. The second kappa shape index (κ2) is 12.2. The monoisotopic (exact) mass is 707 g/mol. The fourth-order valence-electron chi connectivity index (χ4n) is 8.06. The summed E-state index contributed by atoms with van der Waals surface area (Å²) in [6.45, 7) is 0. The van der Waals surface area contributed by atoms with Crippen molar-refractivity contribution < 1.29 is 4.42 Å². The predicted molar refractivity (Wildman–Crippen MR) is 221 cm³/mol. The van der Waals surface area contributed by atoms with Crippen LogP contribution in [0.2, 0.25) is 0 Å². The van der Waals surface area contributed by atoms with Crippen molar-refractivity contribution in [3.05, 3.63) is 186 Å². The Balaban J connectivity index is 1.30. The molecular formula is C48H29N5O2. The summed E-state index contributed by atoms with van der Waals surface area (Å²) in [6.07, 6.45) is 0. The predicted octanol–water partition coefficient (Wildman–Crippen LogP) is 11.2. The Hall–Kier alpha value is -7.64. The van der Waals surface area contributed by atoms with E-state index in [0.29, 0.717) is 34.0 Å². The second-order valence-electron chi connectivity index (χ2n) is 13.6. The van der Waals surface area contributed by atoms with E-state index in [0.717, 1.165) is 66.1 Å². The number of nitrogens with zero attached hydrogens (tertiary/aromatic N) is 5. The van der Waals surface area contributed by atoms with Gasteiger partial charge in [-0.05, 0) is 30.3 Å². The summed E-state index contributed by atoms with van der Waals surface area (Å²) >= 11 is 0. The van der Waals surface area contributed by atoms with Gasteiger partial charge in [0.1, 0.15) is 5.58 Å². The highest BCUT2D eigenvalue weighted by Crippen LogP contribution is 2.41. The fraction of sp³-hybridized carbons (Fsp3) is 0. The van der Waals surface area contributed by atoms with Gasteiger partial charge in [-0.15, -0.1) is 0 Å². The highest BCUT2D eigenvalue weighted by Gasteiger charge is 2.23. The van der Waals surface area contributed by atoms with E-state index in [9.17, 15) is 4.79 Å². The lowest BCUT2D eigenvalue weighted by molar-refractivity contribution is 0.561. The van der Waals surface area contributed by atoms with Crippen LogP contribution in [-0.4, -0.2) is 24.1 Å². The molecule has 0 saturated heterocycles. The Morgan fingerprint density at radius 1 is 0.418 bits per heavy atom. The van der Waals surface area contributed by atoms with Crippen LogP contribution in [0.15, 0.2) is 185 Å². The van der Waals surface area contributed by atoms with Crippen molar-refractivity contribution in [2.24, 2.45) is 0 Å². The fourth-order valence-corrected chi connectivity index (χ4v) is 8.06. The molecule has 0 aliphatic carbocycles. The molecule has 0 bridgehead atoms. The van der Waals surface area contributed by atoms with Crippen LogP contribution in [0, 0.1) is 0 Å². The molecule has 258 valence electrons. The van der Waals surface area contributed by atoms with E-state index in [4.69, 9.17) is 19.4 Å². The van der Waals surface area contributed by atoms with Gasteiger partial charge in [-0.1, -0.05) is 133 Å². The first-order valence-corrected chi connectivity index (χ1v) is 18.2. The minimum atomic E-state index is -0.502. The largest absolute Gasteiger partial charge is 0.423 e. The minimum Gasteiger partial charge on any atom is -0.423 e. The maximum Gasteiger partial charge on any atom is 0.336 e. The zero-order chi connectivity index (χ0) is 36.5. The zero-order valence-electron chi connectivity index (χ0n) is 29.3. The Morgan fingerprint density at radius 2 is 0.836 bits per heavy atom. The van der Waals surface area contributed by atoms with E-state index in [2.05, 4.69) is 112 Å².